The number of hydrogen-bond donors (Lipinski definition) is 0. The zero-order valence-corrected chi connectivity index (χ0v) is 12.8. The van der Waals surface area contributed by atoms with Gasteiger partial charge in [0.15, 0.2) is 0 Å². The highest BCUT2D eigenvalue weighted by Crippen LogP contribution is 2.19. The molecular weight excluding hydrogens is 276 g/mol. The molecule has 1 aliphatic heterocycles. The van der Waals surface area contributed by atoms with Crippen molar-refractivity contribution in [3.63, 3.8) is 0 Å². The number of benzene rings is 1. The van der Waals surface area contributed by atoms with E-state index in [0.717, 1.165) is 37.7 Å². The molecule has 5 heteroatoms. The number of ether oxygens (including phenoxy) is 1. The molecule has 0 N–H and O–H groups in total. The molecule has 0 amide bonds. The highest BCUT2D eigenvalue weighted by molar-refractivity contribution is 6.30. The van der Waals surface area contributed by atoms with Crippen molar-refractivity contribution in [3.05, 3.63) is 29.3 Å². The van der Waals surface area contributed by atoms with Gasteiger partial charge < -0.3 is 9.64 Å². The average Bonchev–Trinajstić information content (AvgIpc) is 2.48. The van der Waals surface area contributed by atoms with Gasteiger partial charge in [-0.15, -0.1) is 0 Å². The average molecular weight is 297 g/mol. The third-order valence-electron chi connectivity index (χ3n) is 3.70. The molecule has 1 heterocycles. The number of piperazine rings is 1. The lowest BCUT2D eigenvalue weighted by Gasteiger charge is -2.36. The second-order valence-electron chi connectivity index (χ2n) is 5.19. The van der Waals surface area contributed by atoms with Crippen molar-refractivity contribution < 1.29 is 9.53 Å². The first-order valence-electron chi connectivity index (χ1n) is 6.91. The first-order valence-corrected chi connectivity index (χ1v) is 7.28. The maximum absolute atomic E-state index is 11.4. The van der Waals surface area contributed by atoms with Crippen LogP contribution in [0.1, 0.15) is 6.92 Å². The fraction of sp³-hybridized carbons (Fsp3) is 0.533. The standard InChI is InChI=1S/C15H21ClN2O2/c1-12(15(19)20-2)11-17-7-9-18(10-8-17)14-5-3-13(16)4-6-14/h3-6,12H,7-11H2,1-2H3. The van der Waals surface area contributed by atoms with Crippen molar-refractivity contribution in [3.8, 4) is 0 Å². The van der Waals surface area contributed by atoms with Crippen molar-refractivity contribution in [1.82, 2.24) is 4.90 Å². The van der Waals surface area contributed by atoms with Crippen LogP contribution in [0, 0.1) is 5.92 Å². The summed E-state index contributed by atoms with van der Waals surface area (Å²) in [5.41, 5.74) is 1.20. The van der Waals surface area contributed by atoms with Crippen LogP contribution in [0.2, 0.25) is 5.02 Å². The monoisotopic (exact) mass is 296 g/mol. The van der Waals surface area contributed by atoms with E-state index >= 15 is 0 Å². The zero-order chi connectivity index (χ0) is 14.5. The highest BCUT2D eigenvalue weighted by Gasteiger charge is 2.21. The SMILES string of the molecule is COC(=O)C(C)CN1CCN(c2ccc(Cl)cc2)CC1. The van der Waals surface area contributed by atoms with Crippen molar-refractivity contribution in [2.24, 2.45) is 5.92 Å². The molecule has 1 aliphatic rings. The Morgan fingerprint density at radius 3 is 2.40 bits per heavy atom. The molecule has 0 bridgehead atoms. The summed E-state index contributed by atoms with van der Waals surface area (Å²) in [6.45, 7) is 6.54. The predicted molar refractivity (Wildman–Crippen MR) is 81.3 cm³/mol. The van der Waals surface area contributed by atoms with Gasteiger partial charge in [-0.2, -0.15) is 0 Å². The molecule has 0 radical (unpaired) electrons. The Bertz CT molecular complexity index is 442. The summed E-state index contributed by atoms with van der Waals surface area (Å²) in [5, 5.41) is 0.763. The maximum atomic E-state index is 11.4. The molecule has 0 saturated carbocycles. The Labute approximate surface area is 125 Å². The van der Waals surface area contributed by atoms with E-state index in [2.05, 4.69) is 21.9 Å². The number of anilines is 1. The third kappa shape index (κ3) is 3.87. The Hall–Kier alpha value is -1.26. The van der Waals surface area contributed by atoms with Crippen LogP contribution in [0.4, 0.5) is 5.69 Å². The molecule has 110 valence electrons. The minimum Gasteiger partial charge on any atom is -0.469 e. The number of carbonyl (C=O) groups excluding carboxylic acids is 1. The van der Waals surface area contributed by atoms with E-state index in [-0.39, 0.29) is 11.9 Å². The van der Waals surface area contributed by atoms with Crippen LogP contribution in [0.15, 0.2) is 24.3 Å². The van der Waals surface area contributed by atoms with Gasteiger partial charge in [0, 0.05) is 43.4 Å². The van der Waals surface area contributed by atoms with E-state index in [4.69, 9.17) is 16.3 Å². The Morgan fingerprint density at radius 1 is 1.25 bits per heavy atom. The molecule has 0 spiro atoms. The van der Waals surface area contributed by atoms with Crippen LogP contribution in [-0.4, -0.2) is 50.7 Å². The molecule has 1 atom stereocenters. The predicted octanol–water partition coefficient (Wildman–Crippen LogP) is 2.27. The summed E-state index contributed by atoms with van der Waals surface area (Å²) in [6, 6.07) is 7.94. The molecule has 1 aromatic carbocycles. The number of carbonyl (C=O) groups is 1. The largest absolute Gasteiger partial charge is 0.469 e. The number of methoxy groups -OCH3 is 1. The van der Waals surface area contributed by atoms with Crippen molar-refractivity contribution >= 4 is 23.3 Å². The summed E-state index contributed by atoms with van der Waals surface area (Å²) in [7, 11) is 1.44. The Morgan fingerprint density at radius 2 is 1.85 bits per heavy atom. The van der Waals surface area contributed by atoms with Gasteiger partial charge in [-0.3, -0.25) is 9.69 Å². The van der Waals surface area contributed by atoms with Crippen molar-refractivity contribution in [2.75, 3.05) is 44.7 Å². The van der Waals surface area contributed by atoms with Gasteiger partial charge in [-0.25, -0.2) is 0 Å². The molecule has 20 heavy (non-hydrogen) atoms. The molecule has 1 unspecified atom stereocenters. The maximum Gasteiger partial charge on any atom is 0.309 e. The van der Waals surface area contributed by atoms with E-state index < -0.39 is 0 Å². The van der Waals surface area contributed by atoms with Crippen molar-refractivity contribution in [1.29, 1.82) is 0 Å². The van der Waals surface area contributed by atoms with E-state index in [1.807, 2.05) is 19.1 Å². The summed E-state index contributed by atoms with van der Waals surface area (Å²) >= 11 is 5.90. The summed E-state index contributed by atoms with van der Waals surface area (Å²) in [4.78, 5) is 16.1. The Kier molecular flexibility index (Phi) is 5.26. The smallest absolute Gasteiger partial charge is 0.309 e. The van der Waals surface area contributed by atoms with Gasteiger partial charge in [-0.1, -0.05) is 18.5 Å². The molecular formula is C15H21ClN2O2. The summed E-state index contributed by atoms with van der Waals surface area (Å²) in [5.74, 6) is -0.202. The molecule has 1 fully saturated rings. The van der Waals surface area contributed by atoms with Crippen LogP contribution in [0.5, 0.6) is 0 Å². The minimum atomic E-state index is -0.134. The zero-order valence-electron chi connectivity index (χ0n) is 12.0. The second-order valence-corrected chi connectivity index (χ2v) is 5.62. The van der Waals surface area contributed by atoms with Gasteiger partial charge in [0.2, 0.25) is 0 Å². The van der Waals surface area contributed by atoms with E-state index in [1.165, 1.54) is 12.8 Å². The number of nitrogens with zero attached hydrogens (tertiary/aromatic N) is 2. The lowest BCUT2D eigenvalue weighted by Crippen LogP contribution is -2.48. The summed E-state index contributed by atoms with van der Waals surface area (Å²) in [6.07, 6.45) is 0. The van der Waals surface area contributed by atoms with Crippen molar-refractivity contribution in [2.45, 2.75) is 6.92 Å². The van der Waals surface area contributed by atoms with Crippen LogP contribution in [0.25, 0.3) is 0 Å². The topological polar surface area (TPSA) is 32.8 Å². The lowest BCUT2D eigenvalue weighted by molar-refractivity contribution is -0.145. The lowest BCUT2D eigenvalue weighted by atomic mass is 10.1. The van der Waals surface area contributed by atoms with E-state index in [0.29, 0.717) is 0 Å². The van der Waals surface area contributed by atoms with Crippen LogP contribution in [0.3, 0.4) is 0 Å². The number of rotatable bonds is 4. The number of hydrogen-bond acceptors (Lipinski definition) is 4. The molecule has 0 aromatic heterocycles. The van der Waals surface area contributed by atoms with Gasteiger partial charge in [-0.05, 0) is 24.3 Å². The molecule has 0 aliphatic carbocycles. The van der Waals surface area contributed by atoms with Crippen LogP contribution in [-0.2, 0) is 9.53 Å². The minimum absolute atomic E-state index is 0.0675. The van der Waals surface area contributed by atoms with Gasteiger partial charge in [0.1, 0.15) is 0 Å². The van der Waals surface area contributed by atoms with Crippen LogP contribution < -0.4 is 4.90 Å². The number of halogens is 1. The first-order chi connectivity index (χ1) is 9.60. The quantitative estimate of drug-likeness (QED) is 0.798. The van der Waals surface area contributed by atoms with Gasteiger partial charge >= 0.3 is 5.97 Å². The van der Waals surface area contributed by atoms with E-state index in [9.17, 15) is 4.79 Å². The number of esters is 1. The fourth-order valence-corrected chi connectivity index (χ4v) is 2.63. The van der Waals surface area contributed by atoms with Crippen LogP contribution >= 0.6 is 11.6 Å². The Balaban J connectivity index is 1.83. The molecule has 1 aromatic rings. The second kappa shape index (κ2) is 6.95. The normalized spacial score (nSPS) is 17.9. The molecule has 4 nitrogen and oxygen atoms in total. The van der Waals surface area contributed by atoms with E-state index in [1.54, 1.807) is 0 Å². The fourth-order valence-electron chi connectivity index (χ4n) is 2.50. The first kappa shape index (κ1) is 15.1. The third-order valence-corrected chi connectivity index (χ3v) is 3.95. The summed E-state index contributed by atoms with van der Waals surface area (Å²) < 4.78 is 4.77. The van der Waals surface area contributed by atoms with Gasteiger partial charge in [0.25, 0.3) is 0 Å². The van der Waals surface area contributed by atoms with Gasteiger partial charge in [0.05, 0.1) is 13.0 Å². The molecule has 1 saturated heterocycles. The molecule has 2 rings (SSSR count). The highest BCUT2D eigenvalue weighted by atomic mass is 35.5.